The smallest absolute Gasteiger partial charge is 0.140 e. The number of benzene rings is 1. The summed E-state index contributed by atoms with van der Waals surface area (Å²) in [6.07, 6.45) is 1.76. The van der Waals surface area contributed by atoms with Gasteiger partial charge in [0.05, 0.1) is 4.47 Å². The highest BCUT2D eigenvalue weighted by molar-refractivity contribution is 9.10. The molecular weight excluding hydrogens is 269 g/mol. The van der Waals surface area contributed by atoms with Gasteiger partial charge in [0.1, 0.15) is 5.82 Å². The van der Waals surface area contributed by atoms with Gasteiger partial charge in [-0.25, -0.2) is 4.39 Å². The Hall–Kier alpha value is -0.410. The normalized spacial score (nSPS) is 11.1. The highest BCUT2D eigenvalue weighted by atomic mass is 79.9. The number of halogens is 2. The summed E-state index contributed by atoms with van der Waals surface area (Å²) in [6.45, 7) is 6.34. The quantitative estimate of drug-likeness (QED) is 0.786. The summed E-state index contributed by atoms with van der Waals surface area (Å²) in [5.41, 5.74) is 0.792. The number of nitrogens with one attached hydrogen (secondary N) is 1. The predicted octanol–water partition coefficient (Wildman–Crippen LogP) is 3.77. The van der Waals surface area contributed by atoms with Gasteiger partial charge in [-0.1, -0.05) is 26.0 Å². The zero-order valence-electron chi connectivity index (χ0n) is 9.89. The zero-order valence-corrected chi connectivity index (χ0v) is 11.5. The maximum Gasteiger partial charge on any atom is 0.140 e. The second kappa shape index (κ2) is 7.02. The molecule has 0 atom stereocenters. The van der Waals surface area contributed by atoms with Gasteiger partial charge in [0, 0.05) is 0 Å². The molecule has 0 unspecified atom stereocenters. The largest absolute Gasteiger partial charge is 0.316 e. The van der Waals surface area contributed by atoms with Gasteiger partial charge >= 0.3 is 0 Å². The Bertz CT molecular complexity index is 326. The van der Waals surface area contributed by atoms with E-state index in [2.05, 4.69) is 35.1 Å². The Morgan fingerprint density at radius 3 is 2.81 bits per heavy atom. The molecule has 0 amide bonds. The Morgan fingerprint density at radius 2 is 2.12 bits per heavy atom. The minimum Gasteiger partial charge on any atom is -0.316 e. The fourth-order valence-corrected chi connectivity index (χ4v) is 1.94. The lowest BCUT2D eigenvalue weighted by atomic mass is 10.1. The van der Waals surface area contributed by atoms with Gasteiger partial charge in [-0.2, -0.15) is 0 Å². The SMILES string of the molecule is CC(C)CNCCCc1cccc(Br)c1F. The molecule has 3 heteroatoms. The maximum atomic E-state index is 13.6. The van der Waals surface area contributed by atoms with Crippen LogP contribution in [0.25, 0.3) is 0 Å². The molecule has 90 valence electrons. The number of rotatable bonds is 6. The summed E-state index contributed by atoms with van der Waals surface area (Å²) in [4.78, 5) is 0. The van der Waals surface area contributed by atoms with Crippen molar-refractivity contribution in [2.75, 3.05) is 13.1 Å². The average Bonchev–Trinajstić information content (AvgIpc) is 2.23. The van der Waals surface area contributed by atoms with E-state index in [0.717, 1.165) is 31.5 Å². The van der Waals surface area contributed by atoms with Crippen LogP contribution < -0.4 is 5.32 Å². The van der Waals surface area contributed by atoms with E-state index in [1.165, 1.54) is 0 Å². The molecule has 0 spiro atoms. The Kier molecular flexibility index (Phi) is 5.99. The van der Waals surface area contributed by atoms with Gasteiger partial charge in [0.2, 0.25) is 0 Å². The van der Waals surface area contributed by atoms with Crippen molar-refractivity contribution in [1.82, 2.24) is 5.32 Å². The number of aryl methyl sites for hydroxylation is 1. The lowest BCUT2D eigenvalue weighted by molar-refractivity contribution is 0.537. The molecule has 1 aromatic rings. The van der Waals surface area contributed by atoms with E-state index in [4.69, 9.17) is 0 Å². The van der Waals surface area contributed by atoms with Crippen molar-refractivity contribution >= 4 is 15.9 Å². The van der Waals surface area contributed by atoms with Gasteiger partial charge < -0.3 is 5.32 Å². The first-order valence-corrected chi connectivity index (χ1v) is 6.54. The van der Waals surface area contributed by atoms with Gasteiger partial charge in [0.15, 0.2) is 0 Å². The molecule has 0 saturated heterocycles. The van der Waals surface area contributed by atoms with Crippen molar-refractivity contribution in [3.8, 4) is 0 Å². The molecule has 1 aromatic carbocycles. The van der Waals surface area contributed by atoms with Crippen LogP contribution in [0.1, 0.15) is 25.8 Å². The molecule has 0 aliphatic carbocycles. The third-order valence-corrected chi connectivity index (χ3v) is 3.00. The molecule has 0 aromatic heterocycles. The van der Waals surface area contributed by atoms with E-state index in [1.54, 1.807) is 6.07 Å². The Balaban J connectivity index is 2.29. The molecule has 0 aliphatic rings. The lowest BCUT2D eigenvalue weighted by Gasteiger charge is -2.08. The van der Waals surface area contributed by atoms with E-state index < -0.39 is 0 Å². The Morgan fingerprint density at radius 1 is 1.38 bits per heavy atom. The second-order valence-electron chi connectivity index (χ2n) is 4.41. The van der Waals surface area contributed by atoms with Crippen LogP contribution in [0.2, 0.25) is 0 Å². The summed E-state index contributed by atoms with van der Waals surface area (Å²) in [5.74, 6) is 0.550. The number of hydrogen-bond donors (Lipinski definition) is 1. The standard InChI is InChI=1S/C13H19BrFN/c1-10(2)9-16-8-4-6-11-5-3-7-12(14)13(11)15/h3,5,7,10,16H,4,6,8-9H2,1-2H3. The highest BCUT2D eigenvalue weighted by Gasteiger charge is 2.04. The third-order valence-electron chi connectivity index (χ3n) is 2.38. The predicted molar refractivity (Wildman–Crippen MR) is 70.1 cm³/mol. The first-order chi connectivity index (χ1) is 7.61. The second-order valence-corrected chi connectivity index (χ2v) is 5.27. The van der Waals surface area contributed by atoms with Crippen LogP contribution in [0.5, 0.6) is 0 Å². The van der Waals surface area contributed by atoms with Crippen molar-refractivity contribution in [1.29, 1.82) is 0 Å². The third kappa shape index (κ3) is 4.62. The molecule has 0 saturated carbocycles. The van der Waals surface area contributed by atoms with Gasteiger partial charge in [-0.15, -0.1) is 0 Å². The lowest BCUT2D eigenvalue weighted by Crippen LogP contribution is -2.21. The fourth-order valence-electron chi connectivity index (χ4n) is 1.54. The van der Waals surface area contributed by atoms with Crippen LogP contribution in [0.15, 0.2) is 22.7 Å². The zero-order chi connectivity index (χ0) is 12.0. The fraction of sp³-hybridized carbons (Fsp3) is 0.538. The molecule has 16 heavy (non-hydrogen) atoms. The average molecular weight is 288 g/mol. The molecule has 0 bridgehead atoms. The highest BCUT2D eigenvalue weighted by Crippen LogP contribution is 2.19. The molecule has 0 fully saturated rings. The van der Waals surface area contributed by atoms with Crippen molar-refractivity contribution < 1.29 is 4.39 Å². The van der Waals surface area contributed by atoms with Gasteiger partial charge in [-0.05, 0) is 59.4 Å². The summed E-state index contributed by atoms with van der Waals surface area (Å²) in [7, 11) is 0. The van der Waals surface area contributed by atoms with Crippen LogP contribution in [-0.4, -0.2) is 13.1 Å². The van der Waals surface area contributed by atoms with E-state index in [1.807, 2.05) is 12.1 Å². The van der Waals surface area contributed by atoms with Crippen LogP contribution in [0.3, 0.4) is 0 Å². The van der Waals surface area contributed by atoms with Crippen molar-refractivity contribution in [2.45, 2.75) is 26.7 Å². The molecule has 0 heterocycles. The minimum absolute atomic E-state index is 0.119. The summed E-state index contributed by atoms with van der Waals surface area (Å²) in [5, 5.41) is 3.35. The number of hydrogen-bond acceptors (Lipinski definition) is 1. The van der Waals surface area contributed by atoms with Crippen LogP contribution >= 0.6 is 15.9 Å². The molecule has 1 rings (SSSR count). The monoisotopic (exact) mass is 287 g/mol. The molecular formula is C13H19BrFN. The maximum absolute atomic E-state index is 13.6. The molecule has 1 N–H and O–H groups in total. The Labute approximate surface area is 106 Å². The topological polar surface area (TPSA) is 12.0 Å². The van der Waals surface area contributed by atoms with Crippen LogP contribution in [0.4, 0.5) is 4.39 Å². The minimum atomic E-state index is -0.119. The summed E-state index contributed by atoms with van der Waals surface area (Å²) < 4.78 is 14.1. The van der Waals surface area contributed by atoms with Crippen LogP contribution in [0, 0.1) is 11.7 Å². The van der Waals surface area contributed by atoms with E-state index >= 15 is 0 Å². The van der Waals surface area contributed by atoms with Crippen LogP contribution in [-0.2, 0) is 6.42 Å². The summed E-state index contributed by atoms with van der Waals surface area (Å²) >= 11 is 3.20. The van der Waals surface area contributed by atoms with Crippen molar-refractivity contribution in [3.05, 3.63) is 34.1 Å². The molecule has 0 aliphatic heterocycles. The molecule has 1 nitrogen and oxygen atoms in total. The van der Waals surface area contributed by atoms with Crippen molar-refractivity contribution in [3.63, 3.8) is 0 Å². The first-order valence-electron chi connectivity index (χ1n) is 5.75. The van der Waals surface area contributed by atoms with Crippen molar-refractivity contribution in [2.24, 2.45) is 5.92 Å². The molecule has 0 radical (unpaired) electrons. The van der Waals surface area contributed by atoms with Gasteiger partial charge in [-0.3, -0.25) is 0 Å². The van der Waals surface area contributed by atoms with Gasteiger partial charge in [0.25, 0.3) is 0 Å². The first kappa shape index (κ1) is 13.7. The van der Waals surface area contributed by atoms with E-state index in [-0.39, 0.29) is 5.82 Å². The van der Waals surface area contributed by atoms with E-state index in [0.29, 0.717) is 10.4 Å². The van der Waals surface area contributed by atoms with E-state index in [9.17, 15) is 4.39 Å². The summed E-state index contributed by atoms with van der Waals surface area (Å²) in [6, 6.07) is 5.46.